The van der Waals surface area contributed by atoms with E-state index in [2.05, 4.69) is 30.4 Å². The van der Waals surface area contributed by atoms with Crippen LogP contribution in [-0.4, -0.2) is 6.04 Å². The summed E-state index contributed by atoms with van der Waals surface area (Å²) in [6.45, 7) is 3.01. The smallest absolute Gasteiger partial charge is 0.0453 e. The van der Waals surface area contributed by atoms with Crippen molar-refractivity contribution in [1.82, 2.24) is 5.32 Å². The normalized spacial score (nSPS) is 31.1. The van der Waals surface area contributed by atoms with E-state index in [1.165, 1.54) is 36.8 Å². The van der Waals surface area contributed by atoms with Crippen molar-refractivity contribution in [3.8, 4) is 0 Å². The molecule has 3 unspecified atom stereocenters. The molecule has 0 heterocycles. The highest BCUT2D eigenvalue weighted by Crippen LogP contribution is 2.44. The number of halogens is 1. The zero-order valence-electron chi connectivity index (χ0n) is 10.4. The van der Waals surface area contributed by atoms with Gasteiger partial charge in [0.1, 0.15) is 0 Å². The second-order valence-electron chi connectivity index (χ2n) is 5.76. The highest BCUT2D eigenvalue weighted by Gasteiger charge is 2.38. The first-order valence-electron chi connectivity index (χ1n) is 6.71. The Hall–Kier alpha value is -0.530. The van der Waals surface area contributed by atoms with Crippen LogP contribution in [0.2, 0.25) is 5.02 Å². The Morgan fingerprint density at radius 3 is 2.82 bits per heavy atom. The predicted octanol–water partition coefficient (Wildman–Crippen LogP) is 3.93. The van der Waals surface area contributed by atoms with E-state index in [4.69, 9.17) is 11.6 Å². The molecule has 0 amide bonds. The number of aryl methyl sites for hydroxylation is 1. The molecule has 2 saturated carbocycles. The Morgan fingerprint density at radius 1 is 1.29 bits per heavy atom. The molecule has 0 spiro atoms. The maximum atomic E-state index is 6.25. The van der Waals surface area contributed by atoms with Gasteiger partial charge < -0.3 is 5.32 Å². The van der Waals surface area contributed by atoms with Crippen molar-refractivity contribution in [1.29, 1.82) is 0 Å². The van der Waals surface area contributed by atoms with E-state index in [9.17, 15) is 0 Å². The maximum absolute atomic E-state index is 6.25. The molecular formula is C15H20ClN. The van der Waals surface area contributed by atoms with Gasteiger partial charge in [0.2, 0.25) is 0 Å². The van der Waals surface area contributed by atoms with Gasteiger partial charge in [-0.2, -0.15) is 0 Å². The fourth-order valence-corrected chi connectivity index (χ4v) is 3.83. The molecule has 0 aromatic heterocycles. The lowest BCUT2D eigenvalue weighted by Gasteiger charge is -2.23. The lowest BCUT2D eigenvalue weighted by Crippen LogP contribution is -2.33. The molecule has 1 nitrogen and oxygen atoms in total. The number of hydrogen-bond acceptors (Lipinski definition) is 1. The third-order valence-corrected chi connectivity index (χ3v) is 4.85. The van der Waals surface area contributed by atoms with Crippen LogP contribution in [0.15, 0.2) is 18.2 Å². The fourth-order valence-electron chi connectivity index (χ4n) is 3.53. The maximum Gasteiger partial charge on any atom is 0.0453 e. The lowest BCUT2D eigenvalue weighted by molar-refractivity contribution is 0.351. The van der Waals surface area contributed by atoms with Crippen molar-refractivity contribution in [2.75, 3.05) is 0 Å². The fraction of sp³-hybridized carbons (Fsp3) is 0.600. The topological polar surface area (TPSA) is 12.0 Å². The van der Waals surface area contributed by atoms with E-state index in [0.29, 0.717) is 0 Å². The van der Waals surface area contributed by atoms with Crippen LogP contribution in [0.1, 0.15) is 36.8 Å². The lowest BCUT2D eigenvalue weighted by atomic mass is 9.95. The molecular weight excluding hydrogens is 230 g/mol. The second-order valence-corrected chi connectivity index (χ2v) is 6.16. The van der Waals surface area contributed by atoms with Crippen molar-refractivity contribution < 1.29 is 0 Å². The van der Waals surface area contributed by atoms with Crippen LogP contribution < -0.4 is 5.32 Å². The van der Waals surface area contributed by atoms with Crippen molar-refractivity contribution in [3.05, 3.63) is 34.3 Å². The Kier molecular flexibility index (Phi) is 3.14. The SMILES string of the molecule is Cc1ccc(CNC2CC3CCC2C3)c(Cl)c1. The Bertz CT molecular complexity index is 415. The first-order chi connectivity index (χ1) is 8.22. The number of benzene rings is 1. The average Bonchev–Trinajstić information content (AvgIpc) is 2.89. The van der Waals surface area contributed by atoms with Crippen molar-refractivity contribution >= 4 is 11.6 Å². The highest BCUT2D eigenvalue weighted by molar-refractivity contribution is 6.31. The van der Waals surface area contributed by atoms with Crippen LogP contribution in [0.25, 0.3) is 0 Å². The molecule has 2 aliphatic carbocycles. The summed E-state index contributed by atoms with van der Waals surface area (Å²) in [5, 5.41) is 4.61. The second kappa shape index (κ2) is 4.62. The first-order valence-corrected chi connectivity index (χ1v) is 7.08. The van der Waals surface area contributed by atoms with Gasteiger partial charge in [0.05, 0.1) is 0 Å². The average molecular weight is 250 g/mol. The molecule has 0 saturated heterocycles. The van der Waals surface area contributed by atoms with E-state index in [0.717, 1.165) is 29.4 Å². The van der Waals surface area contributed by atoms with Crippen molar-refractivity contribution in [2.24, 2.45) is 11.8 Å². The number of hydrogen-bond donors (Lipinski definition) is 1. The van der Waals surface area contributed by atoms with Crippen LogP contribution >= 0.6 is 11.6 Å². The van der Waals surface area contributed by atoms with Gasteiger partial charge in [-0.3, -0.25) is 0 Å². The summed E-state index contributed by atoms with van der Waals surface area (Å²) in [4.78, 5) is 0. The molecule has 17 heavy (non-hydrogen) atoms. The zero-order chi connectivity index (χ0) is 11.8. The molecule has 0 aliphatic heterocycles. The van der Waals surface area contributed by atoms with Gasteiger partial charge in [-0.05, 0) is 55.2 Å². The van der Waals surface area contributed by atoms with Crippen LogP contribution in [0, 0.1) is 18.8 Å². The van der Waals surface area contributed by atoms with Crippen molar-refractivity contribution in [2.45, 2.75) is 45.2 Å². The predicted molar refractivity (Wildman–Crippen MR) is 72.3 cm³/mol. The molecule has 3 rings (SSSR count). The van der Waals surface area contributed by atoms with Gasteiger partial charge in [-0.1, -0.05) is 30.2 Å². The quantitative estimate of drug-likeness (QED) is 0.856. The third-order valence-electron chi connectivity index (χ3n) is 4.50. The minimum absolute atomic E-state index is 0.742. The van der Waals surface area contributed by atoms with E-state index in [1.807, 2.05) is 0 Å². The summed E-state index contributed by atoms with van der Waals surface area (Å²) in [6, 6.07) is 7.09. The van der Waals surface area contributed by atoms with Gasteiger partial charge in [-0.25, -0.2) is 0 Å². The number of fused-ring (bicyclic) bond motifs is 2. The molecule has 0 radical (unpaired) electrons. The van der Waals surface area contributed by atoms with Crippen LogP contribution in [0.4, 0.5) is 0 Å². The van der Waals surface area contributed by atoms with E-state index in [-0.39, 0.29) is 0 Å². The van der Waals surface area contributed by atoms with Crippen LogP contribution in [0.5, 0.6) is 0 Å². The van der Waals surface area contributed by atoms with Gasteiger partial charge in [0.25, 0.3) is 0 Å². The highest BCUT2D eigenvalue weighted by atomic mass is 35.5. The molecule has 2 fully saturated rings. The Morgan fingerprint density at radius 2 is 2.18 bits per heavy atom. The third kappa shape index (κ3) is 2.36. The molecule has 2 bridgehead atoms. The summed E-state index contributed by atoms with van der Waals surface area (Å²) in [5.41, 5.74) is 2.47. The summed E-state index contributed by atoms with van der Waals surface area (Å²) < 4.78 is 0. The molecule has 1 aromatic rings. The molecule has 3 atom stereocenters. The van der Waals surface area contributed by atoms with Gasteiger partial charge in [-0.15, -0.1) is 0 Å². The largest absolute Gasteiger partial charge is 0.310 e. The van der Waals surface area contributed by atoms with E-state index >= 15 is 0 Å². The van der Waals surface area contributed by atoms with Crippen LogP contribution in [-0.2, 0) is 6.54 Å². The number of rotatable bonds is 3. The molecule has 1 N–H and O–H groups in total. The van der Waals surface area contributed by atoms with E-state index < -0.39 is 0 Å². The van der Waals surface area contributed by atoms with Gasteiger partial charge in [0, 0.05) is 17.6 Å². The molecule has 1 aromatic carbocycles. The molecule has 2 heteroatoms. The van der Waals surface area contributed by atoms with E-state index in [1.54, 1.807) is 0 Å². The van der Waals surface area contributed by atoms with Gasteiger partial charge >= 0.3 is 0 Å². The van der Waals surface area contributed by atoms with Crippen molar-refractivity contribution in [3.63, 3.8) is 0 Å². The summed E-state index contributed by atoms with van der Waals surface area (Å²) in [6.07, 6.45) is 5.74. The molecule has 92 valence electrons. The Labute approximate surface area is 109 Å². The standard InChI is InChI=1S/C15H20ClN/c1-10-2-4-13(14(16)6-10)9-17-15-8-11-3-5-12(15)7-11/h2,4,6,11-12,15,17H,3,5,7-9H2,1H3. The zero-order valence-corrected chi connectivity index (χ0v) is 11.1. The monoisotopic (exact) mass is 249 g/mol. The summed E-state index contributed by atoms with van der Waals surface area (Å²) >= 11 is 6.25. The molecule has 2 aliphatic rings. The Balaban J connectivity index is 1.60. The first kappa shape index (κ1) is 11.6. The minimum Gasteiger partial charge on any atom is -0.310 e. The summed E-state index contributed by atoms with van der Waals surface area (Å²) in [5.74, 6) is 1.94. The summed E-state index contributed by atoms with van der Waals surface area (Å²) in [7, 11) is 0. The minimum atomic E-state index is 0.742. The van der Waals surface area contributed by atoms with Crippen LogP contribution in [0.3, 0.4) is 0 Å². The van der Waals surface area contributed by atoms with Gasteiger partial charge in [0.15, 0.2) is 0 Å². The number of nitrogens with one attached hydrogen (secondary N) is 1.